The van der Waals surface area contributed by atoms with Crippen LogP contribution in [0.5, 0.6) is 11.5 Å². The van der Waals surface area contributed by atoms with Crippen molar-refractivity contribution in [3.8, 4) is 11.5 Å². The van der Waals surface area contributed by atoms with Gasteiger partial charge in [0, 0.05) is 4.47 Å². The molecule has 5 heteroatoms. The summed E-state index contributed by atoms with van der Waals surface area (Å²) in [6.07, 6.45) is 0. The number of benzene rings is 2. The quantitative estimate of drug-likeness (QED) is 0.903. The number of halogens is 1. The highest BCUT2D eigenvalue weighted by atomic mass is 79.9. The van der Waals surface area contributed by atoms with Crippen LogP contribution in [0, 0.1) is 0 Å². The highest BCUT2D eigenvalue weighted by Crippen LogP contribution is 2.29. The molecule has 2 aromatic rings. The van der Waals surface area contributed by atoms with Crippen LogP contribution >= 0.6 is 15.9 Å². The summed E-state index contributed by atoms with van der Waals surface area (Å²) >= 11 is 3.40. The average Bonchev–Trinajstić information content (AvgIpc) is 2.45. The third kappa shape index (κ3) is 3.51. The van der Waals surface area contributed by atoms with Crippen LogP contribution in [-0.2, 0) is 6.61 Å². The maximum absolute atomic E-state index is 10.9. The van der Waals surface area contributed by atoms with Gasteiger partial charge in [-0.1, -0.05) is 28.1 Å². The normalized spacial score (nSPS) is 10.1. The van der Waals surface area contributed by atoms with Gasteiger partial charge in [-0.3, -0.25) is 0 Å². The molecule has 20 heavy (non-hydrogen) atoms. The molecule has 0 saturated carbocycles. The molecule has 0 bridgehead atoms. The van der Waals surface area contributed by atoms with Crippen molar-refractivity contribution in [3.05, 3.63) is 58.1 Å². The molecule has 0 heterocycles. The Bertz CT molecular complexity index is 625. The van der Waals surface area contributed by atoms with E-state index in [0.29, 0.717) is 18.1 Å². The molecule has 104 valence electrons. The number of ether oxygens (including phenoxy) is 2. The van der Waals surface area contributed by atoms with Gasteiger partial charge in [-0.25, -0.2) is 4.79 Å². The van der Waals surface area contributed by atoms with Gasteiger partial charge in [0.05, 0.1) is 12.7 Å². The first kappa shape index (κ1) is 14.4. The van der Waals surface area contributed by atoms with Crippen molar-refractivity contribution >= 4 is 21.9 Å². The van der Waals surface area contributed by atoms with Crippen LogP contribution in [0.1, 0.15) is 15.9 Å². The van der Waals surface area contributed by atoms with Gasteiger partial charge in [0.25, 0.3) is 0 Å². The molecule has 1 N–H and O–H groups in total. The van der Waals surface area contributed by atoms with Crippen molar-refractivity contribution in [3.63, 3.8) is 0 Å². The summed E-state index contributed by atoms with van der Waals surface area (Å²) in [5.41, 5.74) is 1.17. The van der Waals surface area contributed by atoms with Crippen molar-refractivity contribution in [2.45, 2.75) is 6.61 Å². The lowest BCUT2D eigenvalue weighted by Crippen LogP contribution is -2.01. The van der Waals surface area contributed by atoms with Gasteiger partial charge in [-0.2, -0.15) is 0 Å². The van der Waals surface area contributed by atoms with Gasteiger partial charge in [0.15, 0.2) is 11.5 Å². The maximum atomic E-state index is 10.9. The summed E-state index contributed by atoms with van der Waals surface area (Å²) in [6, 6.07) is 12.3. The molecular formula is C15H13BrO4. The number of methoxy groups -OCH3 is 1. The minimum absolute atomic E-state index is 0.164. The van der Waals surface area contributed by atoms with Crippen molar-refractivity contribution in [2.24, 2.45) is 0 Å². The topological polar surface area (TPSA) is 55.8 Å². The predicted octanol–water partition coefficient (Wildman–Crippen LogP) is 3.73. The summed E-state index contributed by atoms with van der Waals surface area (Å²) in [5.74, 6) is -0.0841. The van der Waals surface area contributed by atoms with Gasteiger partial charge in [0.1, 0.15) is 6.61 Å². The summed E-state index contributed by atoms with van der Waals surface area (Å²) in [5, 5.41) is 8.93. The average molecular weight is 337 g/mol. The molecule has 0 aliphatic rings. The van der Waals surface area contributed by atoms with E-state index in [4.69, 9.17) is 14.6 Å². The number of hydrogen-bond donors (Lipinski definition) is 1. The molecular weight excluding hydrogens is 324 g/mol. The summed E-state index contributed by atoms with van der Waals surface area (Å²) in [7, 11) is 1.48. The molecule has 0 fully saturated rings. The lowest BCUT2D eigenvalue weighted by Gasteiger charge is -2.11. The molecule has 0 spiro atoms. The van der Waals surface area contributed by atoms with E-state index in [9.17, 15) is 4.79 Å². The van der Waals surface area contributed by atoms with Crippen molar-refractivity contribution in [1.82, 2.24) is 0 Å². The van der Waals surface area contributed by atoms with Gasteiger partial charge < -0.3 is 14.6 Å². The van der Waals surface area contributed by atoms with Crippen LogP contribution in [0.15, 0.2) is 46.9 Å². The Labute approximate surface area is 125 Å². The zero-order valence-electron chi connectivity index (χ0n) is 10.8. The molecule has 0 radical (unpaired) electrons. The number of carbonyl (C=O) groups is 1. The SMILES string of the molecule is COc1cc(C(=O)O)ccc1OCc1cccc(Br)c1. The second-order valence-electron chi connectivity index (χ2n) is 4.09. The van der Waals surface area contributed by atoms with E-state index in [2.05, 4.69) is 15.9 Å². The molecule has 0 aliphatic heterocycles. The standard InChI is InChI=1S/C15H13BrO4/c1-19-14-8-11(15(17)18)5-6-13(14)20-9-10-3-2-4-12(16)7-10/h2-8H,9H2,1H3,(H,17,18). The lowest BCUT2D eigenvalue weighted by molar-refractivity contribution is 0.0696. The fourth-order valence-electron chi connectivity index (χ4n) is 1.71. The fourth-order valence-corrected chi connectivity index (χ4v) is 2.15. The smallest absolute Gasteiger partial charge is 0.335 e. The molecule has 0 saturated heterocycles. The van der Waals surface area contributed by atoms with Crippen LogP contribution in [0.25, 0.3) is 0 Å². The first-order valence-electron chi connectivity index (χ1n) is 5.88. The first-order chi connectivity index (χ1) is 9.60. The minimum Gasteiger partial charge on any atom is -0.493 e. The monoisotopic (exact) mass is 336 g/mol. The molecule has 2 rings (SSSR count). The molecule has 0 aromatic heterocycles. The van der Waals surface area contributed by atoms with Crippen LogP contribution in [0.4, 0.5) is 0 Å². The largest absolute Gasteiger partial charge is 0.493 e. The van der Waals surface area contributed by atoms with Crippen molar-refractivity contribution in [1.29, 1.82) is 0 Å². The zero-order valence-corrected chi connectivity index (χ0v) is 12.4. The Balaban J connectivity index is 2.15. The van der Waals surface area contributed by atoms with E-state index in [1.807, 2.05) is 24.3 Å². The van der Waals surface area contributed by atoms with Crippen LogP contribution in [-0.4, -0.2) is 18.2 Å². The maximum Gasteiger partial charge on any atom is 0.335 e. The molecule has 2 aromatic carbocycles. The van der Waals surface area contributed by atoms with Crippen LogP contribution in [0.2, 0.25) is 0 Å². The Morgan fingerprint density at radius 2 is 2.00 bits per heavy atom. The molecule has 0 aliphatic carbocycles. The van der Waals surface area contributed by atoms with E-state index in [1.54, 1.807) is 6.07 Å². The van der Waals surface area contributed by atoms with Crippen LogP contribution < -0.4 is 9.47 Å². The second-order valence-corrected chi connectivity index (χ2v) is 5.01. The van der Waals surface area contributed by atoms with Crippen molar-refractivity contribution in [2.75, 3.05) is 7.11 Å². The third-order valence-corrected chi connectivity index (χ3v) is 3.19. The molecule has 0 amide bonds. The van der Waals surface area contributed by atoms with Gasteiger partial charge in [0.2, 0.25) is 0 Å². The molecule has 0 unspecified atom stereocenters. The van der Waals surface area contributed by atoms with Gasteiger partial charge in [-0.15, -0.1) is 0 Å². The van der Waals surface area contributed by atoms with E-state index in [-0.39, 0.29) is 5.56 Å². The minimum atomic E-state index is -0.998. The highest BCUT2D eigenvalue weighted by molar-refractivity contribution is 9.10. The number of hydrogen-bond acceptors (Lipinski definition) is 3. The second kappa shape index (κ2) is 6.43. The van der Waals surface area contributed by atoms with E-state index < -0.39 is 5.97 Å². The Hall–Kier alpha value is -2.01. The summed E-state index contributed by atoms with van der Waals surface area (Å²) < 4.78 is 11.8. The van der Waals surface area contributed by atoms with Crippen molar-refractivity contribution < 1.29 is 19.4 Å². The fraction of sp³-hybridized carbons (Fsp3) is 0.133. The Morgan fingerprint density at radius 3 is 2.65 bits per heavy atom. The Kier molecular flexibility index (Phi) is 4.63. The van der Waals surface area contributed by atoms with E-state index in [0.717, 1.165) is 10.0 Å². The van der Waals surface area contributed by atoms with Gasteiger partial charge in [-0.05, 0) is 35.9 Å². The number of rotatable bonds is 5. The first-order valence-corrected chi connectivity index (χ1v) is 6.68. The van der Waals surface area contributed by atoms with Gasteiger partial charge >= 0.3 is 5.97 Å². The molecule has 0 atom stereocenters. The third-order valence-electron chi connectivity index (χ3n) is 2.69. The van der Waals surface area contributed by atoms with E-state index in [1.165, 1.54) is 19.2 Å². The molecule has 4 nitrogen and oxygen atoms in total. The van der Waals surface area contributed by atoms with E-state index >= 15 is 0 Å². The van der Waals surface area contributed by atoms with Crippen LogP contribution in [0.3, 0.4) is 0 Å². The lowest BCUT2D eigenvalue weighted by atomic mass is 10.2. The zero-order chi connectivity index (χ0) is 14.5. The summed E-state index contributed by atoms with van der Waals surface area (Å²) in [6.45, 7) is 0.377. The highest BCUT2D eigenvalue weighted by Gasteiger charge is 2.10. The number of aromatic carboxylic acids is 1. The number of carboxylic acid groups (broad SMARTS) is 1. The Morgan fingerprint density at radius 1 is 1.20 bits per heavy atom. The number of carboxylic acids is 1. The summed E-state index contributed by atoms with van der Waals surface area (Å²) in [4.78, 5) is 10.9. The predicted molar refractivity (Wildman–Crippen MR) is 78.4 cm³/mol.